The van der Waals surface area contributed by atoms with Crippen molar-refractivity contribution in [3.05, 3.63) is 31.7 Å². The van der Waals surface area contributed by atoms with Crippen LogP contribution in [0.1, 0.15) is 10.4 Å². The van der Waals surface area contributed by atoms with E-state index in [1.165, 1.54) is 0 Å². The van der Waals surface area contributed by atoms with Crippen LogP contribution in [0.4, 0.5) is 0 Å². The Labute approximate surface area is 143 Å². The van der Waals surface area contributed by atoms with Crippen LogP contribution in [-0.4, -0.2) is 5.97 Å². The second-order valence-corrected chi connectivity index (χ2v) is 3.68. The van der Waals surface area contributed by atoms with E-state index in [4.69, 9.17) is 46.4 Å². The maximum atomic E-state index is 10.5. The van der Waals surface area contributed by atoms with Crippen LogP contribution in [0.2, 0.25) is 20.1 Å². The average molecular weight is 298 g/mol. The van der Waals surface area contributed by atoms with E-state index in [9.17, 15) is 9.90 Å². The molecule has 0 aromatic heterocycles. The van der Waals surface area contributed by atoms with Crippen molar-refractivity contribution >= 4 is 52.4 Å². The third kappa shape index (κ3) is 3.24. The van der Waals surface area contributed by atoms with Crippen LogP contribution in [0.5, 0.6) is 0 Å². The first-order valence-electron chi connectivity index (χ1n) is 2.99. The van der Waals surface area contributed by atoms with E-state index in [1.54, 1.807) is 0 Å². The molecule has 0 fully saturated rings. The number of carbonyl (C=O) groups excluding carboxylic acids is 1. The maximum absolute atomic E-state index is 10.5. The van der Waals surface area contributed by atoms with E-state index in [0.717, 1.165) is 6.07 Å². The summed E-state index contributed by atoms with van der Waals surface area (Å²) in [6, 6.07) is 1.09. The number of aromatic carboxylic acids is 1. The number of carbonyl (C=O) groups is 1. The van der Waals surface area contributed by atoms with Crippen LogP contribution < -0.4 is 56.5 Å². The molecule has 0 atom stereocenters. The van der Waals surface area contributed by atoms with Gasteiger partial charge in [-0.05, 0) is 6.07 Å². The third-order valence-corrected chi connectivity index (χ3v) is 3.07. The van der Waals surface area contributed by atoms with Gasteiger partial charge in [-0.15, -0.1) is 0 Å². The van der Waals surface area contributed by atoms with Crippen molar-refractivity contribution in [3.63, 3.8) is 0 Å². The summed E-state index contributed by atoms with van der Waals surface area (Å²) >= 11 is 22.3. The number of hydrogen-bond acceptors (Lipinski definition) is 2. The molecule has 1 aromatic carbocycles. The van der Waals surface area contributed by atoms with Crippen LogP contribution in [0.15, 0.2) is 6.07 Å². The molecule has 0 bridgehead atoms. The number of halogens is 4. The Morgan fingerprint density at radius 1 is 1.07 bits per heavy atom. The molecule has 70 valence electrons. The maximum Gasteiger partial charge on any atom is 1.00 e. The Hall–Kier alpha value is 1.49. The molecular formula is C7HCl4KO2. The van der Waals surface area contributed by atoms with E-state index in [1.807, 2.05) is 0 Å². The van der Waals surface area contributed by atoms with Gasteiger partial charge in [0.05, 0.1) is 26.1 Å². The monoisotopic (exact) mass is 296 g/mol. The van der Waals surface area contributed by atoms with E-state index in [-0.39, 0.29) is 77.0 Å². The van der Waals surface area contributed by atoms with Gasteiger partial charge >= 0.3 is 51.4 Å². The number of benzene rings is 1. The fraction of sp³-hybridized carbons (Fsp3) is 0. The van der Waals surface area contributed by atoms with Crippen LogP contribution in [0, 0.1) is 0 Å². The molecule has 0 unspecified atom stereocenters. The van der Waals surface area contributed by atoms with Gasteiger partial charge in [-0.3, -0.25) is 0 Å². The number of hydrogen-bond donors (Lipinski definition) is 0. The molecule has 0 N–H and O–H groups in total. The van der Waals surface area contributed by atoms with Gasteiger partial charge < -0.3 is 9.90 Å². The zero-order valence-corrected chi connectivity index (χ0v) is 13.1. The molecule has 0 saturated heterocycles. The second-order valence-electron chi connectivity index (χ2n) is 2.14. The van der Waals surface area contributed by atoms with Crippen molar-refractivity contribution in [1.82, 2.24) is 0 Å². The van der Waals surface area contributed by atoms with Gasteiger partial charge in [-0.1, -0.05) is 46.4 Å². The standard InChI is InChI=1S/C7H2Cl4O2.K/c8-3-1-2(7(12)13)4(9)6(11)5(3)10;/h1H,(H,12,13);/q;+1/p-1. The first-order valence-corrected chi connectivity index (χ1v) is 4.50. The first kappa shape index (κ1) is 15.5. The summed E-state index contributed by atoms with van der Waals surface area (Å²) in [6.07, 6.45) is 0. The Morgan fingerprint density at radius 3 is 2.00 bits per heavy atom. The fourth-order valence-electron chi connectivity index (χ4n) is 0.721. The zero-order chi connectivity index (χ0) is 10.2. The molecule has 0 heterocycles. The van der Waals surface area contributed by atoms with Crippen molar-refractivity contribution in [1.29, 1.82) is 0 Å². The molecule has 1 aromatic rings. The van der Waals surface area contributed by atoms with E-state index >= 15 is 0 Å². The smallest absolute Gasteiger partial charge is 0.545 e. The summed E-state index contributed by atoms with van der Waals surface area (Å²) in [7, 11) is 0. The molecule has 7 heteroatoms. The summed E-state index contributed by atoms with van der Waals surface area (Å²) < 4.78 is 0. The molecule has 1 rings (SSSR count). The quantitative estimate of drug-likeness (QED) is 0.404. The van der Waals surface area contributed by atoms with Crippen LogP contribution in [-0.2, 0) is 0 Å². The van der Waals surface area contributed by atoms with E-state index in [2.05, 4.69) is 0 Å². The molecule has 0 aliphatic carbocycles. The summed E-state index contributed by atoms with van der Waals surface area (Å²) in [5.41, 5.74) is -0.277. The van der Waals surface area contributed by atoms with Crippen molar-refractivity contribution in [2.24, 2.45) is 0 Å². The third-order valence-electron chi connectivity index (χ3n) is 1.32. The SMILES string of the molecule is O=C([O-])c1cc(Cl)c(Cl)c(Cl)c1Cl.[K+]. The Morgan fingerprint density at radius 2 is 1.57 bits per heavy atom. The predicted molar refractivity (Wildman–Crippen MR) is 50.8 cm³/mol. The minimum absolute atomic E-state index is 0. The largest absolute Gasteiger partial charge is 1.00 e. The number of carboxylic acid groups (broad SMARTS) is 1. The second kappa shape index (κ2) is 6.28. The zero-order valence-electron chi connectivity index (χ0n) is 6.91. The molecule has 0 saturated carbocycles. The molecule has 0 aliphatic rings. The fourth-order valence-corrected chi connectivity index (χ4v) is 1.60. The van der Waals surface area contributed by atoms with Gasteiger partial charge in [0.1, 0.15) is 0 Å². The minimum atomic E-state index is -1.45. The van der Waals surface area contributed by atoms with Gasteiger partial charge in [0.25, 0.3) is 0 Å². The topological polar surface area (TPSA) is 40.1 Å². The summed E-state index contributed by atoms with van der Waals surface area (Å²) in [4.78, 5) is 10.5. The molecule has 14 heavy (non-hydrogen) atoms. The predicted octanol–water partition coefficient (Wildman–Crippen LogP) is -0.332. The summed E-state index contributed by atoms with van der Waals surface area (Å²) in [6.45, 7) is 0. The van der Waals surface area contributed by atoms with Gasteiger partial charge in [0.15, 0.2) is 0 Å². The van der Waals surface area contributed by atoms with Crippen LogP contribution in [0.25, 0.3) is 0 Å². The molecule has 2 nitrogen and oxygen atoms in total. The van der Waals surface area contributed by atoms with Gasteiger partial charge in [0, 0.05) is 5.56 Å². The van der Waals surface area contributed by atoms with Crippen LogP contribution in [0.3, 0.4) is 0 Å². The van der Waals surface area contributed by atoms with Gasteiger partial charge in [-0.25, -0.2) is 0 Å². The van der Waals surface area contributed by atoms with Crippen LogP contribution >= 0.6 is 46.4 Å². The Bertz CT molecular complexity index is 380. The summed E-state index contributed by atoms with van der Waals surface area (Å²) in [5, 5.41) is 10.3. The summed E-state index contributed by atoms with van der Waals surface area (Å²) in [5.74, 6) is -1.45. The molecule has 0 aliphatic heterocycles. The molecule has 0 spiro atoms. The number of carboxylic acids is 1. The Kier molecular flexibility index (Phi) is 6.94. The normalized spacial score (nSPS) is 9.43. The minimum Gasteiger partial charge on any atom is -0.545 e. The molecule has 0 amide bonds. The molecule has 0 radical (unpaired) electrons. The van der Waals surface area contributed by atoms with Gasteiger partial charge in [0.2, 0.25) is 0 Å². The Balaban J connectivity index is 0.00000169. The first-order chi connectivity index (χ1) is 5.95. The van der Waals surface area contributed by atoms with Crippen molar-refractivity contribution in [2.45, 2.75) is 0 Å². The van der Waals surface area contributed by atoms with Crippen molar-refractivity contribution in [2.75, 3.05) is 0 Å². The number of rotatable bonds is 1. The average Bonchev–Trinajstić information content (AvgIpc) is 2.07. The van der Waals surface area contributed by atoms with Crippen molar-refractivity contribution < 1.29 is 61.3 Å². The van der Waals surface area contributed by atoms with Gasteiger partial charge in [-0.2, -0.15) is 0 Å². The van der Waals surface area contributed by atoms with E-state index in [0.29, 0.717) is 0 Å². The van der Waals surface area contributed by atoms with E-state index < -0.39 is 5.97 Å². The van der Waals surface area contributed by atoms with Crippen molar-refractivity contribution in [3.8, 4) is 0 Å². The molecular weight excluding hydrogens is 297 g/mol.